The van der Waals surface area contributed by atoms with Crippen LogP contribution in [0.2, 0.25) is 10.0 Å². The molecule has 0 radical (unpaired) electrons. The van der Waals surface area contributed by atoms with E-state index >= 15 is 0 Å². The van der Waals surface area contributed by atoms with Crippen molar-refractivity contribution in [2.45, 2.75) is 13.5 Å². The molecule has 0 aliphatic carbocycles. The normalized spacial score (nSPS) is 10.8. The Morgan fingerprint density at radius 2 is 1.68 bits per heavy atom. The lowest BCUT2D eigenvalue weighted by Crippen LogP contribution is -2.30. The van der Waals surface area contributed by atoms with E-state index in [4.69, 9.17) is 23.2 Å². The smallest absolute Gasteiger partial charge is 0.238 e. The van der Waals surface area contributed by atoms with Crippen LogP contribution in [0.25, 0.3) is 0 Å². The first kappa shape index (κ1) is 16.8. The number of carbonyl (C=O) groups excluding carboxylic acids is 1. The predicted octanol–water partition coefficient (Wildman–Crippen LogP) is 4.37. The Labute approximate surface area is 140 Å². The first-order chi connectivity index (χ1) is 10.5. The van der Waals surface area contributed by atoms with E-state index in [2.05, 4.69) is 29.6 Å². The number of amides is 1. The summed E-state index contributed by atoms with van der Waals surface area (Å²) in [5.41, 5.74) is 2.84. The second-order valence-electron chi connectivity index (χ2n) is 5.30. The summed E-state index contributed by atoms with van der Waals surface area (Å²) in [5.74, 6) is -0.149. The molecule has 2 aromatic rings. The van der Waals surface area contributed by atoms with Gasteiger partial charge in [0.2, 0.25) is 5.91 Å². The van der Waals surface area contributed by atoms with Crippen molar-refractivity contribution in [3.8, 4) is 0 Å². The van der Waals surface area contributed by atoms with Crippen molar-refractivity contribution < 1.29 is 4.79 Å². The molecule has 116 valence electrons. The molecule has 2 aromatic carbocycles. The van der Waals surface area contributed by atoms with E-state index in [0.29, 0.717) is 22.3 Å². The number of rotatable bonds is 5. The van der Waals surface area contributed by atoms with Crippen LogP contribution in [0, 0.1) is 6.92 Å². The average molecular weight is 337 g/mol. The summed E-state index contributed by atoms with van der Waals surface area (Å²) in [4.78, 5) is 14.0. The molecule has 1 amide bonds. The summed E-state index contributed by atoms with van der Waals surface area (Å²) in [6.07, 6.45) is 0. The van der Waals surface area contributed by atoms with E-state index in [0.717, 1.165) is 5.56 Å². The summed E-state index contributed by atoms with van der Waals surface area (Å²) >= 11 is 12.1. The Bertz CT molecular complexity index is 636. The number of nitrogens with zero attached hydrogens (tertiary/aromatic N) is 1. The number of nitrogens with one attached hydrogen (secondary N) is 1. The molecule has 0 aliphatic rings. The van der Waals surface area contributed by atoms with Crippen molar-refractivity contribution >= 4 is 34.8 Å². The summed E-state index contributed by atoms with van der Waals surface area (Å²) in [6, 6.07) is 13.4. The molecule has 0 heterocycles. The molecule has 0 spiro atoms. The zero-order valence-corrected chi connectivity index (χ0v) is 14.1. The molecule has 0 aliphatic heterocycles. The van der Waals surface area contributed by atoms with Crippen LogP contribution >= 0.6 is 23.2 Å². The maximum absolute atomic E-state index is 12.1. The van der Waals surface area contributed by atoms with Crippen LogP contribution < -0.4 is 5.32 Å². The molecule has 1 N–H and O–H groups in total. The summed E-state index contributed by atoms with van der Waals surface area (Å²) in [5, 5.41) is 3.62. The highest BCUT2D eigenvalue weighted by atomic mass is 35.5. The summed E-state index contributed by atoms with van der Waals surface area (Å²) in [7, 11) is 1.90. The van der Waals surface area contributed by atoms with Gasteiger partial charge >= 0.3 is 0 Å². The minimum Gasteiger partial charge on any atom is -0.322 e. The van der Waals surface area contributed by atoms with E-state index in [9.17, 15) is 4.79 Å². The number of benzene rings is 2. The zero-order valence-electron chi connectivity index (χ0n) is 12.6. The predicted molar refractivity (Wildman–Crippen MR) is 92.6 cm³/mol. The number of aryl methyl sites for hydroxylation is 1. The molecule has 0 aromatic heterocycles. The van der Waals surface area contributed by atoms with E-state index in [-0.39, 0.29) is 12.5 Å². The highest BCUT2D eigenvalue weighted by molar-refractivity contribution is 6.39. The number of likely N-dealkylation sites (N-methyl/N-ethyl adjacent to an activating group) is 1. The van der Waals surface area contributed by atoms with Crippen LogP contribution in [0.1, 0.15) is 11.1 Å². The maximum Gasteiger partial charge on any atom is 0.238 e. The largest absolute Gasteiger partial charge is 0.322 e. The van der Waals surface area contributed by atoms with Crippen LogP contribution in [0.4, 0.5) is 5.69 Å². The Balaban J connectivity index is 1.92. The van der Waals surface area contributed by atoms with E-state index in [1.165, 1.54) is 5.56 Å². The molecule has 5 heteroatoms. The van der Waals surface area contributed by atoms with Crippen molar-refractivity contribution in [1.82, 2.24) is 4.90 Å². The lowest BCUT2D eigenvalue weighted by atomic mass is 10.1. The van der Waals surface area contributed by atoms with Crippen LogP contribution in [0.15, 0.2) is 42.5 Å². The van der Waals surface area contributed by atoms with Crippen LogP contribution in [0.3, 0.4) is 0 Å². The Hall–Kier alpha value is -1.55. The van der Waals surface area contributed by atoms with Crippen molar-refractivity contribution in [1.29, 1.82) is 0 Å². The molecular weight excluding hydrogens is 319 g/mol. The number of halogens is 2. The number of hydrogen-bond acceptors (Lipinski definition) is 2. The van der Waals surface area contributed by atoms with Gasteiger partial charge in [0.15, 0.2) is 0 Å². The van der Waals surface area contributed by atoms with Gasteiger partial charge in [0.25, 0.3) is 0 Å². The average Bonchev–Trinajstić information content (AvgIpc) is 2.45. The first-order valence-electron chi connectivity index (χ1n) is 6.93. The SMILES string of the molecule is Cc1ccc(CN(C)CC(=O)Nc2c(Cl)cccc2Cl)cc1. The first-order valence-corrected chi connectivity index (χ1v) is 7.69. The van der Waals surface area contributed by atoms with Gasteiger partial charge in [-0.05, 0) is 31.7 Å². The fourth-order valence-corrected chi connectivity index (χ4v) is 2.59. The third-order valence-corrected chi connectivity index (χ3v) is 3.84. The van der Waals surface area contributed by atoms with Crippen molar-refractivity contribution in [2.75, 3.05) is 18.9 Å². The highest BCUT2D eigenvalue weighted by Crippen LogP contribution is 2.29. The minimum atomic E-state index is -0.149. The van der Waals surface area contributed by atoms with Gasteiger partial charge in [-0.25, -0.2) is 0 Å². The van der Waals surface area contributed by atoms with Crippen LogP contribution in [0.5, 0.6) is 0 Å². The molecule has 0 saturated heterocycles. The molecule has 0 fully saturated rings. The van der Waals surface area contributed by atoms with Gasteiger partial charge in [0, 0.05) is 6.54 Å². The lowest BCUT2D eigenvalue weighted by molar-refractivity contribution is -0.117. The van der Waals surface area contributed by atoms with Crippen molar-refractivity contribution in [2.24, 2.45) is 0 Å². The van der Waals surface area contributed by atoms with Crippen LogP contribution in [-0.2, 0) is 11.3 Å². The van der Waals surface area contributed by atoms with Crippen molar-refractivity contribution in [3.63, 3.8) is 0 Å². The Kier molecular flexibility index (Phi) is 5.83. The van der Waals surface area contributed by atoms with E-state index in [1.807, 2.05) is 18.9 Å². The maximum atomic E-state index is 12.1. The second kappa shape index (κ2) is 7.63. The third kappa shape index (κ3) is 4.73. The molecule has 3 nitrogen and oxygen atoms in total. The van der Waals surface area contributed by atoms with Gasteiger partial charge in [-0.15, -0.1) is 0 Å². The summed E-state index contributed by atoms with van der Waals surface area (Å²) < 4.78 is 0. The van der Waals surface area contributed by atoms with Crippen LogP contribution in [-0.4, -0.2) is 24.4 Å². The van der Waals surface area contributed by atoms with Gasteiger partial charge in [-0.2, -0.15) is 0 Å². The fraction of sp³-hybridized carbons (Fsp3) is 0.235. The van der Waals surface area contributed by atoms with E-state index < -0.39 is 0 Å². The topological polar surface area (TPSA) is 32.3 Å². The number of para-hydroxylation sites is 1. The third-order valence-electron chi connectivity index (χ3n) is 3.21. The molecule has 0 atom stereocenters. The van der Waals surface area contributed by atoms with Gasteiger partial charge in [-0.1, -0.05) is 59.1 Å². The summed E-state index contributed by atoms with van der Waals surface area (Å²) in [6.45, 7) is 3.01. The number of hydrogen-bond donors (Lipinski definition) is 1. The lowest BCUT2D eigenvalue weighted by Gasteiger charge is -2.17. The molecular formula is C17H18Cl2N2O. The standard InChI is InChI=1S/C17H18Cl2N2O/c1-12-6-8-13(9-7-12)10-21(2)11-16(22)20-17-14(18)4-3-5-15(17)19/h3-9H,10-11H2,1-2H3,(H,20,22). The molecule has 0 bridgehead atoms. The van der Waals surface area contributed by atoms with Gasteiger partial charge in [0.1, 0.15) is 0 Å². The quantitative estimate of drug-likeness (QED) is 0.879. The zero-order chi connectivity index (χ0) is 16.1. The number of anilines is 1. The van der Waals surface area contributed by atoms with E-state index in [1.54, 1.807) is 18.2 Å². The molecule has 0 unspecified atom stereocenters. The Morgan fingerprint density at radius 3 is 2.27 bits per heavy atom. The second-order valence-corrected chi connectivity index (χ2v) is 6.12. The minimum absolute atomic E-state index is 0.149. The molecule has 22 heavy (non-hydrogen) atoms. The monoisotopic (exact) mass is 336 g/mol. The van der Waals surface area contributed by atoms with Gasteiger partial charge in [-0.3, -0.25) is 9.69 Å². The fourth-order valence-electron chi connectivity index (χ4n) is 2.10. The molecule has 0 saturated carbocycles. The van der Waals surface area contributed by atoms with Crippen molar-refractivity contribution in [3.05, 3.63) is 63.6 Å². The highest BCUT2D eigenvalue weighted by Gasteiger charge is 2.11. The molecule has 2 rings (SSSR count). The Morgan fingerprint density at radius 1 is 1.09 bits per heavy atom. The number of carbonyl (C=O) groups is 1. The van der Waals surface area contributed by atoms with Gasteiger partial charge in [0.05, 0.1) is 22.3 Å². The van der Waals surface area contributed by atoms with Gasteiger partial charge < -0.3 is 5.32 Å².